The highest BCUT2D eigenvalue weighted by molar-refractivity contribution is 6.40. The zero-order valence-corrected chi connectivity index (χ0v) is 36.1. The van der Waals surface area contributed by atoms with Crippen molar-refractivity contribution in [1.82, 2.24) is 31.9 Å². The van der Waals surface area contributed by atoms with Crippen molar-refractivity contribution in [3.8, 4) is 0 Å². The zero-order chi connectivity index (χ0) is 47.1. The van der Waals surface area contributed by atoms with Crippen molar-refractivity contribution in [1.29, 1.82) is 0 Å². The number of amides is 6. The summed E-state index contributed by atoms with van der Waals surface area (Å²) in [5.74, 6) is -9.37. The summed E-state index contributed by atoms with van der Waals surface area (Å²) in [7, 11) is -1.51. The van der Waals surface area contributed by atoms with E-state index in [9.17, 15) is 53.4 Å². The molecule has 0 saturated heterocycles. The summed E-state index contributed by atoms with van der Waals surface area (Å²) in [5.41, 5.74) is 1.37. The number of carbonyl (C=O) groups excluding carboxylic acids is 6. The topological polar surface area (TPSA) is 327 Å². The Labute approximate surface area is 366 Å². The van der Waals surface area contributed by atoms with Crippen LogP contribution in [0.4, 0.5) is 0 Å². The van der Waals surface area contributed by atoms with Crippen LogP contribution in [0.25, 0.3) is 0 Å². The highest BCUT2D eigenvalue weighted by atomic mass is 16.4. The molecule has 0 bridgehead atoms. The molecule has 0 aliphatic heterocycles. The molecule has 1 aliphatic carbocycles. The molecule has 1 saturated carbocycles. The predicted octanol–water partition coefficient (Wildman–Crippen LogP) is 0.675. The molecule has 0 spiro atoms. The molecule has 1 aromatic carbocycles. The van der Waals surface area contributed by atoms with E-state index < -0.39 is 123 Å². The molecule has 6 amide bonds. The number of rotatable bonds is 28. The van der Waals surface area contributed by atoms with E-state index in [1.807, 2.05) is 13.8 Å². The number of carboxylic acid groups (broad SMARTS) is 3. The van der Waals surface area contributed by atoms with Gasteiger partial charge in [0.2, 0.25) is 35.4 Å². The van der Waals surface area contributed by atoms with E-state index in [1.165, 1.54) is 12.3 Å². The molecule has 11 N–H and O–H groups in total. The molecule has 0 radical (unpaired) electrons. The summed E-state index contributed by atoms with van der Waals surface area (Å²) in [6.45, 7) is 5.50. The maximum Gasteiger partial charge on any atom is 0.451 e. The number of benzene rings is 1. The van der Waals surface area contributed by atoms with Crippen molar-refractivity contribution in [3.05, 3.63) is 47.7 Å². The molecule has 63 heavy (non-hydrogen) atoms. The molecule has 20 nitrogen and oxygen atoms in total. The fourth-order valence-corrected chi connectivity index (χ4v) is 7.03. The third-order valence-electron chi connectivity index (χ3n) is 10.4. The Hall–Kier alpha value is -5.83. The summed E-state index contributed by atoms with van der Waals surface area (Å²) in [6, 6.07) is -0.105. The van der Waals surface area contributed by atoms with E-state index in [0.29, 0.717) is 5.56 Å². The largest absolute Gasteiger partial charge is 0.481 e. The van der Waals surface area contributed by atoms with E-state index in [-0.39, 0.29) is 43.8 Å². The van der Waals surface area contributed by atoms with Crippen molar-refractivity contribution in [2.45, 2.75) is 147 Å². The van der Waals surface area contributed by atoms with Gasteiger partial charge in [-0.3, -0.25) is 43.2 Å². The lowest BCUT2D eigenvalue weighted by atomic mass is 9.84. The van der Waals surface area contributed by atoms with Crippen LogP contribution in [-0.4, -0.2) is 116 Å². The number of aryl methyl sites for hydroxylation is 1. The van der Waals surface area contributed by atoms with Crippen molar-refractivity contribution in [3.63, 3.8) is 0 Å². The molecule has 21 heteroatoms. The first kappa shape index (κ1) is 53.3. The number of carbonyl (C=O) groups is 9. The number of aliphatic carboxylic acids is 3. The molecule has 0 unspecified atom stereocenters. The third kappa shape index (κ3) is 21.7. The van der Waals surface area contributed by atoms with Gasteiger partial charge in [0.1, 0.15) is 30.2 Å². The lowest BCUT2D eigenvalue weighted by Crippen LogP contribution is -2.60. The fraction of sp³-hybridized carbons (Fsp3) is 0.595. The zero-order valence-electron chi connectivity index (χ0n) is 36.1. The Morgan fingerprint density at radius 3 is 1.86 bits per heavy atom. The van der Waals surface area contributed by atoms with Crippen LogP contribution in [0.2, 0.25) is 6.32 Å². The smallest absolute Gasteiger partial charge is 0.451 e. The average molecular weight is 887 g/mol. The molecule has 1 fully saturated rings. The first-order valence-corrected chi connectivity index (χ1v) is 21.3. The highest BCUT2D eigenvalue weighted by Crippen LogP contribution is 2.27. The van der Waals surface area contributed by atoms with Crippen LogP contribution < -0.4 is 31.9 Å². The van der Waals surface area contributed by atoms with Crippen molar-refractivity contribution >= 4 is 60.5 Å². The van der Waals surface area contributed by atoms with Gasteiger partial charge in [-0.25, -0.2) is 0 Å². The van der Waals surface area contributed by atoms with Crippen LogP contribution in [0.15, 0.2) is 36.5 Å². The number of hydrogen-bond acceptors (Lipinski definition) is 11. The highest BCUT2D eigenvalue weighted by Gasteiger charge is 2.35. The van der Waals surface area contributed by atoms with Gasteiger partial charge in [-0.2, -0.15) is 0 Å². The Balaban J connectivity index is 2.47. The van der Waals surface area contributed by atoms with Gasteiger partial charge in [0.15, 0.2) is 0 Å². The molecule has 5 atom stereocenters. The summed E-state index contributed by atoms with van der Waals surface area (Å²) in [6.07, 6.45) is 4.61. The van der Waals surface area contributed by atoms with E-state index in [0.717, 1.165) is 37.7 Å². The van der Waals surface area contributed by atoms with E-state index in [1.54, 1.807) is 31.2 Å². The standard InChI is InChI=1S/C42H63BN6O14/c1-25(2)21-30(38(57)44-20-10-9-19-43(62)63)47-40(59)31(22-27-12-5-4-6-13-27)48-41(60)32(23-28-14-8-7-11-26(28)3)49-39(58)29(15-17-35(51)52)46-42(61)33(24-37(55)56)45-34(50)16-18-36(53)54/h7-8,10-11,14,20,25,27,29-33,62-63H,4-6,9,12-13,15-19,21-24H2,1-3H3,(H,44,57)(H,45,50)(H,46,61)(H,47,59)(H,48,60)(H,49,58)(H,51,52)(H,53,54)(H,55,56)/t29-,30-,31-,32-,33-/m0/s1. The monoisotopic (exact) mass is 886 g/mol. The SMILES string of the molecule is Cc1ccccc1C[C@H](NC(=O)[C@H](CCC(=O)O)NC(=O)[C@H](CC(=O)O)NC(=O)CCC(=O)O)C(=O)N[C@@H](CC1CCCCC1)C(=O)N[C@@H](CC(C)C)C(=O)NC=CCCB(O)O. The first-order valence-electron chi connectivity index (χ1n) is 21.3. The van der Waals surface area contributed by atoms with Gasteiger partial charge < -0.3 is 57.3 Å². The molecular weight excluding hydrogens is 823 g/mol. The summed E-state index contributed by atoms with van der Waals surface area (Å²) < 4.78 is 0. The number of carboxylic acids is 3. The summed E-state index contributed by atoms with van der Waals surface area (Å²) >= 11 is 0. The molecule has 0 heterocycles. The first-order chi connectivity index (χ1) is 29.7. The van der Waals surface area contributed by atoms with Crippen LogP contribution in [0.3, 0.4) is 0 Å². The Morgan fingerprint density at radius 2 is 1.25 bits per heavy atom. The van der Waals surface area contributed by atoms with Crippen LogP contribution >= 0.6 is 0 Å². The second-order valence-electron chi connectivity index (χ2n) is 16.3. The Kier molecular flexibility index (Phi) is 23.7. The maximum atomic E-state index is 14.4. The normalized spacial score (nSPS) is 15.2. The van der Waals surface area contributed by atoms with Gasteiger partial charge in [-0.1, -0.05) is 76.3 Å². The minimum absolute atomic E-state index is 0.0420. The number of allylic oxidation sites excluding steroid dienone is 1. The Bertz CT molecular complexity index is 1770. The molecule has 2 rings (SSSR count). The van der Waals surface area contributed by atoms with Gasteiger partial charge in [0.05, 0.1) is 12.8 Å². The van der Waals surface area contributed by atoms with Gasteiger partial charge >= 0.3 is 25.0 Å². The van der Waals surface area contributed by atoms with Crippen LogP contribution in [-0.2, 0) is 49.6 Å². The second kappa shape index (κ2) is 28.0. The molecule has 1 aromatic rings. The minimum Gasteiger partial charge on any atom is -0.481 e. The minimum atomic E-state index is -1.79. The molecule has 348 valence electrons. The van der Waals surface area contributed by atoms with E-state index in [4.69, 9.17) is 15.2 Å². The van der Waals surface area contributed by atoms with Crippen molar-refractivity contribution < 1.29 is 68.5 Å². The third-order valence-corrected chi connectivity index (χ3v) is 10.4. The fourth-order valence-electron chi connectivity index (χ4n) is 7.03. The summed E-state index contributed by atoms with van der Waals surface area (Å²) in [5, 5.41) is 61.2. The Morgan fingerprint density at radius 1 is 0.683 bits per heavy atom. The number of hydrogen-bond donors (Lipinski definition) is 11. The van der Waals surface area contributed by atoms with E-state index >= 15 is 0 Å². The average Bonchev–Trinajstić information content (AvgIpc) is 3.20. The lowest BCUT2D eigenvalue weighted by Gasteiger charge is -2.30. The summed E-state index contributed by atoms with van der Waals surface area (Å²) in [4.78, 5) is 116. The molecular formula is C42H63BN6O14. The maximum absolute atomic E-state index is 14.4. The number of nitrogens with one attached hydrogen (secondary N) is 6. The van der Waals surface area contributed by atoms with Gasteiger partial charge in [-0.05, 0) is 68.1 Å². The van der Waals surface area contributed by atoms with Crippen LogP contribution in [0.5, 0.6) is 0 Å². The second-order valence-corrected chi connectivity index (χ2v) is 16.3. The van der Waals surface area contributed by atoms with E-state index in [2.05, 4.69) is 31.9 Å². The van der Waals surface area contributed by atoms with Gasteiger partial charge in [-0.15, -0.1) is 0 Å². The molecule has 1 aliphatic rings. The van der Waals surface area contributed by atoms with Crippen LogP contribution in [0, 0.1) is 18.8 Å². The molecule has 0 aromatic heterocycles. The van der Waals surface area contributed by atoms with Crippen LogP contribution in [0.1, 0.15) is 108 Å². The van der Waals surface area contributed by atoms with Gasteiger partial charge in [0, 0.05) is 19.3 Å². The van der Waals surface area contributed by atoms with Gasteiger partial charge in [0.25, 0.3) is 0 Å². The van der Waals surface area contributed by atoms with Crippen molar-refractivity contribution in [2.75, 3.05) is 0 Å². The quantitative estimate of drug-likeness (QED) is 0.0516. The lowest BCUT2D eigenvalue weighted by molar-refractivity contribution is -0.142. The predicted molar refractivity (Wildman–Crippen MR) is 228 cm³/mol. The van der Waals surface area contributed by atoms with Crippen molar-refractivity contribution in [2.24, 2.45) is 11.8 Å².